The Morgan fingerprint density at radius 2 is 1.96 bits per heavy atom. The highest BCUT2D eigenvalue weighted by Crippen LogP contribution is 2.22. The van der Waals surface area contributed by atoms with Crippen LogP contribution in [-0.4, -0.2) is 30.1 Å². The van der Waals surface area contributed by atoms with Crippen LogP contribution >= 0.6 is 35.3 Å². The van der Waals surface area contributed by atoms with Crippen LogP contribution in [0.2, 0.25) is 0 Å². The maximum atomic E-state index is 6.04. The van der Waals surface area contributed by atoms with Crippen molar-refractivity contribution in [2.24, 2.45) is 4.99 Å². The molecule has 2 aromatic rings. The summed E-state index contributed by atoms with van der Waals surface area (Å²) < 4.78 is 6.04. The van der Waals surface area contributed by atoms with Crippen LogP contribution in [0.1, 0.15) is 43.5 Å². The van der Waals surface area contributed by atoms with Crippen LogP contribution in [0.5, 0.6) is 5.75 Å². The summed E-state index contributed by atoms with van der Waals surface area (Å²) in [5.74, 6) is 1.70. The summed E-state index contributed by atoms with van der Waals surface area (Å²) in [6.45, 7) is 9.73. The quantitative estimate of drug-likeness (QED) is 0.253. The highest BCUT2D eigenvalue weighted by molar-refractivity contribution is 14.0. The van der Waals surface area contributed by atoms with Gasteiger partial charge in [-0.1, -0.05) is 18.2 Å². The molecule has 0 radical (unpaired) electrons. The largest absolute Gasteiger partial charge is 0.488 e. The minimum absolute atomic E-state index is 0. The average molecular weight is 502 g/mol. The summed E-state index contributed by atoms with van der Waals surface area (Å²) in [6, 6.07) is 8.11. The molecule has 0 aliphatic rings. The van der Waals surface area contributed by atoms with Crippen molar-refractivity contribution in [2.45, 2.75) is 52.7 Å². The summed E-state index contributed by atoms with van der Waals surface area (Å²) in [4.78, 5) is 8.79. The maximum absolute atomic E-state index is 6.04. The zero-order valence-corrected chi connectivity index (χ0v) is 20.0. The molecule has 0 fully saturated rings. The minimum atomic E-state index is -0.218. The average Bonchev–Trinajstić information content (AvgIpc) is 2.99. The van der Waals surface area contributed by atoms with E-state index < -0.39 is 0 Å². The van der Waals surface area contributed by atoms with Gasteiger partial charge in [-0.05, 0) is 40.2 Å². The van der Waals surface area contributed by atoms with Crippen LogP contribution in [0, 0.1) is 6.92 Å². The predicted octanol–water partition coefficient (Wildman–Crippen LogP) is 4.54. The second-order valence-electron chi connectivity index (χ2n) is 7.16. The highest BCUT2D eigenvalue weighted by atomic mass is 127. The smallest absolute Gasteiger partial charge is 0.191 e. The summed E-state index contributed by atoms with van der Waals surface area (Å²) >= 11 is 1.73. The number of nitrogens with zero attached hydrogens (tertiary/aromatic N) is 2. The second kappa shape index (κ2) is 11.5. The van der Waals surface area contributed by atoms with Crippen molar-refractivity contribution in [3.8, 4) is 5.75 Å². The summed E-state index contributed by atoms with van der Waals surface area (Å²) in [6.07, 6.45) is 2.02. The Labute approximate surface area is 184 Å². The topological polar surface area (TPSA) is 58.5 Å². The molecule has 0 saturated carbocycles. The van der Waals surface area contributed by atoms with Crippen LogP contribution in [0.25, 0.3) is 0 Å². The molecule has 1 heterocycles. The fourth-order valence-corrected chi connectivity index (χ4v) is 3.26. The first-order valence-electron chi connectivity index (χ1n) is 9.00. The Kier molecular flexibility index (Phi) is 10.1. The predicted molar refractivity (Wildman–Crippen MR) is 126 cm³/mol. The van der Waals surface area contributed by atoms with Crippen molar-refractivity contribution in [2.75, 3.05) is 13.6 Å². The molecule has 0 aliphatic heterocycles. The number of thiazole rings is 1. The number of para-hydroxylation sites is 1. The Morgan fingerprint density at radius 3 is 2.59 bits per heavy atom. The third-order valence-corrected chi connectivity index (χ3v) is 4.61. The number of hydrogen-bond acceptors (Lipinski definition) is 4. The van der Waals surface area contributed by atoms with Gasteiger partial charge in [0.05, 0.1) is 5.01 Å². The lowest BCUT2D eigenvalue weighted by Gasteiger charge is -2.23. The van der Waals surface area contributed by atoms with Crippen molar-refractivity contribution in [3.63, 3.8) is 0 Å². The molecule has 0 spiro atoms. The number of hydrogen-bond donors (Lipinski definition) is 2. The summed E-state index contributed by atoms with van der Waals surface area (Å²) in [5, 5.41) is 10.0. The summed E-state index contributed by atoms with van der Waals surface area (Å²) in [5.41, 5.74) is 2.00. The summed E-state index contributed by atoms with van der Waals surface area (Å²) in [7, 11) is 1.79. The molecular weight excluding hydrogens is 471 g/mol. The van der Waals surface area contributed by atoms with Gasteiger partial charge in [0.2, 0.25) is 0 Å². The number of aromatic nitrogens is 1. The molecule has 5 nitrogen and oxygen atoms in total. The van der Waals surface area contributed by atoms with Crippen LogP contribution in [0.4, 0.5) is 0 Å². The van der Waals surface area contributed by atoms with E-state index in [1.807, 2.05) is 25.1 Å². The number of aryl methyl sites for hydroxylation is 2. The van der Waals surface area contributed by atoms with E-state index in [-0.39, 0.29) is 29.6 Å². The molecule has 0 bridgehead atoms. The molecule has 150 valence electrons. The zero-order chi connectivity index (χ0) is 19.0. The molecular formula is C20H31IN4OS. The van der Waals surface area contributed by atoms with Gasteiger partial charge in [-0.25, -0.2) is 4.98 Å². The molecule has 2 N–H and O–H groups in total. The SMILES string of the molecule is CN=C(NCCCc1nc(C)cs1)NCc1ccccc1OC(C)(C)C.I. The first-order chi connectivity index (χ1) is 12.4. The van der Waals surface area contributed by atoms with E-state index in [0.29, 0.717) is 6.54 Å². The van der Waals surface area contributed by atoms with Crippen LogP contribution in [0.3, 0.4) is 0 Å². The minimum Gasteiger partial charge on any atom is -0.488 e. The van der Waals surface area contributed by atoms with E-state index in [2.05, 4.69) is 52.8 Å². The number of halogens is 1. The van der Waals surface area contributed by atoms with Gasteiger partial charge in [-0.2, -0.15) is 0 Å². The molecule has 0 atom stereocenters. The number of nitrogens with one attached hydrogen (secondary N) is 2. The molecule has 27 heavy (non-hydrogen) atoms. The monoisotopic (exact) mass is 502 g/mol. The van der Waals surface area contributed by atoms with E-state index in [0.717, 1.165) is 42.4 Å². The number of aliphatic imine (C=N–C) groups is 1. The van der Waals surface area contributed by atoms with Gasteiger partial charge in [0, 0.05) is 43.2 Å². The number of benzene rings is 1. The van der Waals surface area contributed by atoms with Gasteiger partial charge in [-0.15, -0.1) is 35.3 Å². The zero-order valence-electron chi connectivity index (χ0n) is 16.8. The van der Waals surface area contributed by atoms with Gasteiger partial charge in [0.1, 0.15) is 11.4 Å². The van der Waals surface area contributed by atoms with Crippen LogP contribution < -0.4 is 15.4 Å². The van der Waals surface area contributed by atoms with E-state index in [9.17, 15) is 0 Å². The Balaban J connectivity index is 0.00000364. The molecule has 7 heteroatoms. The Hall–Kier alpha value is -1.35. The molecule has 0 amide bonds. The highest BCUT2D eigenvalue weighted by Gasteiger charge is 2.14. The fraction of sp³-hybridized carbons (Fsp3) is 0.500. The van der Waals surface area contributed by atoms with Crippen LogP contribution in [-0.2, 0) is 13.0 Å². The van der Waals surface area contributed by atoms with Crippen molar-refractivity contribution in [1.82, 2.24) is 15.6 Å². The van der Waals surface area contributed by atoms with E-state index >= 15 is 0 Å². The molecule has 0 unspecified atom stereocenters. The van der Waals surface area contributed by atoms with Gasteiger partial charge >= 0.3 is 0 Å². The van der Waals surface area contributed by atoms with Crippen molar-refractivity contribution >= 4 is 41.3 Å². The number of guanidine groups is 1. The van der Waals surface area contributed by atoms with Gasteiger partial charge < -0.3 is 15.4 Å². The molecule has 1 aromatic carbocycles. The molecule has 1 aromatic heterocycles. The third-order valence-electron chi connectivity index (χ3n) is 3.59. The lowest BCUT2D eigenvalue weighted by atomic mass is 10.1. The molecule has 2 rings (SSSR count). The van der Waals surface area contributed by atoms with E-state index in [1.165, 1.54) is 5.01 Å². The van der Waals surface area contributed by atoms with Crippen molar-refractivity contribution < 1.29 is 4.74 Å². The Bertz CT molecular complexity index is 725. The third kappa shape index (κ3) is 8.92. The fourth-order valence-electron chi connectivity index (χ4n) is 2.44. The van der Waals surface area contributed by atoms with Gasteiger partial charge in [-0.3, -0.25) is 4.99 Å². The van der Waals surface area contributed by atoms with E-state index in [1.54, 1.807) is 18.4 Å². The normalized spacial score (nSPS) is 11.7. The first kappa shape index (κ1) is 23.7. The number of rotatable bonds is 7. The van der Waals surface area contributed by atoms with E-state index in [4.69, 9.17) is 4.74 Å². The first-order valence-corrected chi connectivity index (χ1v) is 9.88. The second-order valence-corrected chi connectivity index (χ2v) is 8.10. The lowest BCUT2D eigenvalue weighted by Crippen LogP contribution is -2.37. The van der Waals surface area contributed by atoms with Crippen molar-refractivity contribution in [1.29, 1.82) is 0 Å². The van der Waals surface area contributed by atoms with Crippen LogP contribution in [0.15, 0.2) is 34.6 Å². The van der Waals surface area contributed by atoms with Crippen molar-refractivity contribution in [3.05, 3.63) is 45.9 Å². The Morgan fingerprint density at radius 1 is 1.22 bits per heavy atom. The lowest BCUT2D eigenvalue weighted by molar-refractivity contribution is 0.129. The maximum Gasteiger partial charge on any atom is 0.191 e. The number of ether oxygens (including phenoxy) is 1. The molecule has 0 saturated heterocycles. The molecule has 0 aliphatic carbocycles. The standard InChI is InChI=1S/C20H30N4OS.HI/c1-15-14-26-18(24-15)11-8-12-22-19(21-5)23-13-16-9-6-7-10-17(16)25-20(2,3)4;/h6-7,9-10,14H,8,11-13H2,1-5H3,(H2,21,22,23);1H. The van der Waals surface area contributed by atoms with Gasteiger partial charge in [0.25, 0.3) is 0 Å². The van der Waals surface area contributed by atoms with Gasteiger partial charge in [0.15, 0.2) is 5.96 Å².